The maximum atomic E-state index is 12.5. The van der Waals surface area contributed by atoms with Crippen molar-refractivity contribution in [2.45, 2.75) is 6.61 Å². The Labute approximate surface area is 223 Å². The van der Waals surface area contributed by atoms with E-state index in [1.807, 2.05) is 103 Å². The monoisotopic (exact) mass is 550 g/mol. The molecule has 0 aliphatic carbocycles. The van der Waals surface area contributed by atoms with Crippen LogP contribution in [0.25, 0.3) is 16.9 Å². The van der Waals surface area contributed by atoms with E-state index in [0.717, 1.165) is 33.8 Å². The molecule has 0 saturated heterocycles. The van der Waals surface area contributed by atoms with Gasteiger partial charge in [0.25, 0.3) is 5.91 Å². The van der Waals surface area contributed by atoms with Crippen LogP contribution in [0.5, 0.6) is 5.75 Å². The number of carbonyl (C=O) groups excluding carboxylic acids is 1. The Morgan fingerprint density at radius 3 is 2.30 bits per heavy atom. The van der Waals surface area contributed by atoms with Crippen molar-refractivity contribution in [3.8, 4) is 22.7 Å². The van der Waals surface area contributed by atoms with Gasteiger partial charge in [0.05, 0.1) is 17.5 Å². The lowest BCUT2D eigenvalue weighted by Gasteiger charge is -2.07. The zero-order valence-electron chi connectivity index (χ0n) is 19.8. The van der Waals surface area contributed by atoms with Crippen LogP contribution in [0.2, 0.25) is 0 Å². The Bertz CT molecular complexity index is 1510. The Hall–Kier alpha value is -4.49. The number of benzene rings is 4. The minimum Gasteiger partial charge on any atom is -0.489 e. The topological polar surface area (TPSA) is 68.5 Å². The largest absolute Gasteiger partial charge is 0.489 e. The Morgan fingerprint density at radius 1 is 0.892 bits per heavy atom. The summed E-state index contributed by atoms with van der Waals surface area (Å²) in [5.41, 5.74) is 7.53. The first kappa shape index (κ1) is 24.2. The number of ether oxygens (including phenoxy) is 1. The zero-order chi connectivity index (χ0) is 25.5. The van der Waals surface area contributed by atoms with Gasteiger partial charge >= 0.3 is 0 Å². The van der Waals surface area contributed by atoms with E-state index in [2.05, 4.69) is 26.5 Å². The molecule has 37 heavy (non-hydrogen) atoms. The Balaban J connectivity index is 1.38. The second-order valence-electron chi connectivity index (χ2n) is 8.19. The molecule has 6 nitrogen and oxygen atoms in total. The van der Waals surface area contributed by atoms with Crippen molar-refractivity contribution in [2.24, 2.45) is 5.10 Å². The number of carbonyl (C=O) groups is 1. The quantitative estimate of drug-likeness (QED) is 0.174. The van der Waals surface area contributed by atoms with Crippen LogP contribution in [0.3, 0.4) is 0 Å². The molecule has 1 amide bonds. The lowest BCUT2D eigenvalue weighted by Crippen LogP contribution is -2.18. The molecule has 5 rings (SSSR count). The van der Waals surface area contributed by atoms with Crippen molar-refractivity contribution >= 4 is 28.1 Å². The first-order valence-electron chi connectivity index (χ1n) is 11.7. The van der Waals surface area contributed by atoms with Crippen molar-refractivity contribution < 1.29 is 9.53 Å². The molecule has 0 aliphatic rings. The molecule has 0 radical (unpaired) electrons. The number of para-hydroxylation sites is 1. The van der Waals surface area contributed by atoms with Crippen molar-refractivity contribution in [2.75, 3.05) is 0 Å². The lowest BCUT2D eigenvalue weighted by atomic mass is 10.1. The van der Waals surface area contributed by atoms with Crippen molar-refractivity contribution in [1.82, 2.24) is 15.2 Å². The zero-order valence-corrected chi connectivity index (χ0v) is 21.4. The average Bonchev–Trinajstić information content (AvgIpc) is 3.37. The van der Waals surface area contributed by atoms with Gasteiger partial charge in [0, 0.05) is 21.8 Å². The van der Waals surface area contributed by atoms with Crippen LogP contribution in [0.15, 0.2) is 125 Å². The molecule has 1 N–H and O–H groups in total. The highest BCUT2D eigenvalue weighted by atomic mass is 79.9. The summed E-state index contributed by atoms with van der Waals surface area (Å²) in [6, 6.07) is 34.9. The van der Waals surface area contributed by atoms with Gasteiger partial charge in [-0.05, 0) is 70.0 Å². The van der Waals surface area contributed by atoms with E-state index in [-0.39, 0.29) is 5.91 Å². The maximum Gasteiger partial charge on any atom is 0.272 e. The number of hydrogen-bond acceptors (Lipinski definition) is 4. The van der Waals surface area contributed by atoms with Gasteiger partial charge in [-0.25, -0.2) is 10.1 Å². The first-order chi connectivity index (χ1) is 18.2. The first-order valence-corrected chi connectivity index (χ1v) is 12.5. The van der Waals surface area contributed by atoms with Gasteiger partial charge in [0.15, 0.2) is 0 Å². The molecule has 0 atom stereocenters. The van der Waals surface area contributed by atoms with Gasteiger partial charge in [-0.2, -0.15) is 10.2 Å². The molecular formula is C30H23BrN4O2. The molecule has 4 aromatic carbocycles. The summed E-state index contributed by atoms with van der Waals surface area (Å²) in [6.07, 6.45) is 3.49. The predicted molar refractivity (Wildman–Crippen MR) is 149 cm³/mol. The molecule has 7 heteroatoms. The third-order valence-electron chi connectivity index (χ3n) is 5.63. The normalized spacial score (nSPS) is 10.9. The fraction of sp³-hybridized carbons (Fsp3) is 0.0333. The van der Waals surface area contributed by atoms with Gasteiger partial charge in [0.1, 0.15) is 18.1 Å². The highest BCUT2D eigenvalue weighted by Gasteiger charge is 2.13. The third-order valence-corrected chi connectivity index (χ3v) is 6.32. The summed E-state index contributed by atoms with van der Waals surface area (Å²) >= 11 is 3.40. The van der Waals surface area contributed by atoms with Gasteiger partial charge in [0.2, 0.25) is 0 Å². The molecule has 0 unspecified atom stereocenters. The van der Waals surface area contributed by atoms with E-state index in [4.69, 9.17) is 9.84 Å². The van der Waals surface area contributed by atoms with Crippen LogP contribution in [0.1, 0.15) is 21.5 Å². The van der Waals surface area contributed by atoms with Crippen LogP contribution >= 0.6 is 15.9 Å². The summed E-state index contributed by atoms with van der Waals surface area (Å²) in [7, 11) is 0. The number of halogens is 1. The molecule has 0 spiro atoms. The Kier molecular flexibility index (Phi) is 7.52. The number of nitrogens with zero attached hydrogens (tertiary/aromatic N) is 3. The second-order valence-corrected chi connectivity index (χ2v) is 9.05. The van der Waals surface area contributed by atoms with Crippen LogP contribution < -0.4 is 10.2 Å². The number of aromatic nitrogens is 2. The molecule has 0 bridgehead atoms. The van der Waals surface area contributed by atoms with Crippen LogP contribution in [-0.2, 0) is 6.61 Å². The highest BCUT2D eigenvalue weighted by molar-refractivity contribution is 9.10. The molecule has 0 saturated carbocycles. The van der Waals surface area contributed by atoms with E-state index in [1.54, 1.807) is 23.0 Å². The molecule has 1 heterocycles. The van der Waals surface area contributed by atoms with Gasteiger partial charge < -0.3 is 4.74 Å². The number of hydrazone groups is 1. The molecular weight excluding hydrogens is 528 g/mol. The molecule has 0 aliphatic heterocycles. The molecule has 0 fully saturated rings. The molecule has 5 aromatic rings. The fourth-order valence-corrected chi connectivity index (χ4v) is 4.20. The minimum atomic E-state index is -0.305. The lowest BCUT2D eigenvalue weighted by molar-refractivity contribution is 0.0954. The van der Waals surface area contributed by atoms with Crippen molar-refractivity contribution in [3.63, 3.8) is 0 Å². The second kappa shape index (κ2) is 11.5. The highest BCUT2D eigenvalue weighted by Crippen LogP contribution is 2.25. The number of nitrogens with one attached hydrogen (secondary N) is 1. The SMILES string of the molecule is O=C(NN=Cc1cn(-c2ccccc2)nc1-c1ccc(OCc2ccccc2)cc1)c1ccccc1Br. The third kappa shape index (κ3) is 6.02. The number of amides is 1. The van der Waals surface area contributed by atoms with Crippen LogP contribution in [0.4, 0.5) is 0 Å². The number of hydrogen-bond donors (Lipinski definition) is 1. The minimum absolute atomic E-state index is 0.305. The van der Waals surface area contributed by atoms with E-state index < -0.39 is 0 Å². The van der Waals surface area contributed by atoms with Crippen molar-refractivity contribution in [3.05, 3.63) is 137 Å². The summed E-state index contributed by atoms with van der Waals surface area (Å²) in [5, 5.41) is 9.02. The number of rotatable bonds is 8. The summed E-state index contributed by atoms with van der Waals surface area (Å²) in [5.74, 6) is 0.464. The summed E-state index contributed by atoms with van der Waals surface area (Å²) in [4.78, 5) is 12.5. The van der Waals surface area contributed by atoms with Crippen LogP contribution in [0, 0.1) is 0 Å². The summed E-state index contributed by atoms with van der Waals surface area (Å²) < 4.78 is 8.43. The van der Waals surface area contributed by atoms with Gasteiger partial charge in [-0.1, -0.05) is 60.7 Å². The van der Waals surface area contributed by atoms with E-state index >= 15 is 0 Å². The van der Waals surface area contributed by atoms with E-state index in [9.17, 15) is 4.79 Å². The van der Waals surface area contributed by atoms with Crippen molar-refractivity contribution in [1.29, 1.82) is 0 Å². The molecule has 1 aromatic heterocycles. The fourth-order valence-electron chi connectivity index (χ4n) is 3.74. The average molecular weight is 551 g/mol. The maximum absolute atomic E-state index is 12.5. The van der Waals surface area contributed by atoms with E-state index in [1.165, 1.54) is 0 Å². The predicted octanol–water partition coefficient (Wildman–Crippen LogP) is 6.64. The van der Waals surface area contributed by atoms with Gasteiger partial charge in [-0.3, -0.25) is 4.79 Å². The molecule has 182 valence electrons. The smallest absolute Gasteiger partial charge is 0.272 e. The van der Waals surface area contributed by atoms with Gasteiger partial charge in [-0.15, -0.1) is 0 Å². The van der Waals surface area contributed by atoms with E-state index in [0.29, 0.717) is 16.6 Å². The summed E-state index contributed by atoms with van der Waals surface area (Å²) in [6.45, 7) is 0.498. The standard InChI is InChI=1S/C30H23BrN4O2/c31-28-14-8-7-13-27(28)30(36)33-32-19-24-20-35(25-11-5-2-6-12-25)34-29(24)23-15-17-26(18-16-23)37-21-22-9-3-1-4-10-22/h1-20H,21H2,(H,33,36). The Morgan fingerprint density at radius 2 is 1.57 bits per heavy atom. The van der Waals surface area contributed by atoms with Crippen LogP contribution in [-0.4, -0.2) is 21.9 Å².